The highest BCUT2D eigenvalue weighted by atomic mass is 16.5. The molecule has 0 amide bonds. The van der Waals surface area contributed by atoms with Crippen molar-refractivity contribution >= 4 is 5.97 Å². The third-order valence-corrected chi connectivity index (χ3v) is 32.9. The number of hydrogen-bond donors (Lipinski definition) is 6. The largest absolute Gasteiger partial charge is 0.496 e. The first kappa shape index (κ1) is 95.7. The van der Waals surface area contributed by atoms with Crippen LogP contribution in [0.25, 0.3) is 0 Å². The van der Waals surface area contributed by atoms with E-state index in [1.807, 2.05) is 84.9 Å². The summed E-state index contributed by atoms with van der Waals surface area (Å²) in [7, 11) is 2.92. The highest BCUT2D eigenvalue weighted by molar-refractivity contribution is 5.92. The van der Waals surface area contributed by atoms with Crippen LogP contribution in [0.4, 0.5) is 0 Å². The quantitative estimate of drug-likeness (QED) is 0.0279. The molecule has 132 heavy (non-hydrogen) atoms. The van der Waals surface area contributed by atoms with E-state index in [1.54, 1.807) is 13.2 Å². The molecule has 15 aliphatic heterocycles. The molecule has 702 valence electrons. The average molecular weight is 1780 g/mol. The van der Waals surface area contributed by atoms with Crippen LogP contribution in [-0.2, 0) is 71.4 Å². The number of hydrogen-bond acceptors (Lipinski definition) is 15. The number of ether oxygens (including phenoxy) is 2. The number of methoxy groups -OCH3 is 2. The van der Waals surface area contributed by atoms with Crippen LogP contribution in [0.3, 0.4) is 0 Å². The van der Waals surface area contributed by atoms with Gasteiger partial charge in [-0.15, -0.1) is 0 Å². The lowest BCUT2D eigenvalue weighted by molar-refractivity contribution is -0.106. The number of aryl methyl sites for hydroxylation is 7. The molecule has 15 aliphatic rings. The Bertz CT molecular complexity index is 5410. The Morgan fingerprint density at radius 1 is 0.364 bits per heavy atom. The maximum Gasteiger partial charge on any atom is 0.341 e. The van der Waals surface area contributed by atoms with E-state index in [0.717, 1.165) is 122 Å². The molecule has 0 radical (unpaired) electrons. The first-order valence-corrected chi connectivity index (χ1v) is 49.7. The molecule has 10 aromatic carbocycles. The number of piperidine rings is 15. The molecule has 7 N–H and O–H groups in total. The van der Waals surface area contributed by atoms with E-state index in [0.29, 0.717) is 103 Å². The summed E-state index contributed by atoms with van der Waals surface area (Å²) in [5.41, 5.74) is 20.1. The normalized spacial score (nSPS) is 26.9. The molecular formula is C117H151N7O8. The van der Waals surface area contributed by atoms with Crippen molar-refractivity contribution in [1.29, 1.82) is 5.26 Å². The van der Waals surface area contributed by atoms with Gasteiger partial charge < -0.3 is 65.2 Å². The third kappa shape index (κ3) is 22.0. The van der Waals surface area contributed by atoms with E-state index in [-0.39, 0.29) is 16.1 Å². The lowest BCUT2D eigenvalue weighted by Crippen LogP contribution is -2.56. The first-order valence-electron chi connectivity index (χ1n) is 49.7. The van der Waals surface area contributed by atoms with Crippen molar-refractivity contribution in [3.05, 3.63) is 349 Å². The molecule has 15 fully saturated rings. The number of benzene rings is 10. The summed E-state index contributed by atoms with van der Waals surface area (Å²) in [5.74, 6) is 4.64. The Kier molecular flexibility index (Phi) is 31.5. The number of rotatable bonds is 26. The van der Waals surface area contributed by atoms with E-state index in [2.05, 4.69) is 222 Å². The number of carbonyl (C=O) groups excluding carboxylic acids is 1. The second-order valence-electron chi connectivity index (χ2n) is 40.8. The predicted molar refractivity (Wildman–Crippen MR) is 535 cm³/mol. The monoisotopic (exact) mass is 1780 g/mol. The SMILES string of the molecule is COC(=O)c1cc(CCC(O)(c2ccccc2)C2CN3CCC2CC3)ccc1OC.Cc1ccc(C)c(C(O)(Cc2ccccc2)C2CN3CCC2CC3)c1.Cc1ccc(CC(O)(c2ccccc2C)C2CN3CCC2CC3)cc1.N#Cc1cccc(CCC(O)(c2ccccc2)C2CN3CCC2CC3)c1.NCc1ccc(CCC(O)(c2ccccc2)C2CN3CCC2CC3)cc1.[HH].[HH].[HH]. The van der Waals surface area contributed by atoms with Crippen molar-refractivity contribution < 1.29 is 44.1 Å². The molecule has 10 atom stereocenters. The summed E-state index contributed by atoms with van der Waals surface area (Å²) in [6, 6.07) is 88.9. The fourth-order valence-electron chi connectivity index (χ4n) is 25.2. The van der Waals surface area contributed by atoms with E-state index >= 15 is 0 Å². The zero-order chi connectivity index (χ0) is 92.0. The molecule has 15 nitrogen and oxygen atoms in total. The fraction of sp³-hybridized carbons (Fsp3) is 0.470. The molecule has 10 unspecified atom stereocenters. The van der Waals surface area contributed by atoms with E-state index in [9.17, 15) is 30.3 Å². The Balaban J connectivity index is 0.000000142. The molecular weight excluding hydrogens is 1630 g/mol. The van der Waals surface area contributed by atoms with Crippen molar-refractivity contribution in [2.24, 2.45) is 64.9 Å². The van der Waals surface area contributed by atoms with Crippen LogP contribution in [0.1, 0.15) is 187 Å². The topological polar surface area (TPSA) is 203 Å². The minimum Gasteiger partial charge on any atom is -0.496 e. The summed E-state index contributed by atoms with van der Waals surface area (Å²) < 4.78 is 10.2. The van der Waals surface area contributed by atoms with Crippen molar-refractivity contribution in [2.45, 2.75) is 178 Å². The fourth-order valence-corrected chi connectivity index (χ4v) is 25.2. The van der Waals surface area contributed by atoms with Crippen LogP contribution in [0.15, 0.2) is 255 Å². The Hall–Kier alpha value is -9.48. The summed E-state index contributed by atoms with van der Waals surface area (Å²) in [6.07, 6.45) is 17.9. The smallest absolute Gasteiger partial charge is 0.341 e. The van der Waals surface area contributed by atoms with Gasteiger partial charge in [0.15, 0.2) is 0 Å². The first-order chi connectivity index (χ1) is 64.0. The molecule has 10 bridgehead atoms. The van der Waals surface area contributed by atoms with Gasteiger partial charge in [0.25, 0.3) is 0 Å². The zero-order valence-electron chi connectivity index (χ0n) is 79.3. The summed E-state index contributed by atoms with van der Waals surface area (Å²) in [6.45, 7) is 26.0. The molecule has 15 saturated heterocycles. The van der Waals surface area contributed by atoms with Crippen LogP contribution in [0.5, 0.6) is 5.75 Å². The summed E-state index contributed by atoms with van der Waals surface area (Å²) >= 11 is 0. The molecule has 0 aliphatic carbocycles. The van der Waals surface area contributed by atoms with Crippen LogP contribution in [0, 0.1) is 98.2 Å². The zero-order valence-corrected chi connectivity index (χ0v) is 79.3. The van der Waals surface area contributed by atoms with Crippen LogP contribution < -0.4 is 10.5 Å². The number of nitrogens with zero attached hydrogens (tertiary/aromatic N) is 6. The number of nitriles is 1. The minimum absolute atomic E-state index is 0. The summed E-state index contributed by atoms with van der Waals surface area (Å²) in [5, 5.41) is 69.4. The Morgan fingerprint density at radius 3 is 1.08 bits per heavy atom. The minimum atomic E-state index is -0.892. The number of fused-ring (bicyclic) bond motifs is 15. The molecule has 0 aromatic heterocycles. The van der Waals surface area contributed by atoms with Gasteiger partial charge in [-0.25, -0.2) is 4.79 Å². The van der Waals surface area contributed by atoms with Crippen LogP contribution in [0.2, 0.25) is 0 Å². The highest BCUT2D eigenvalue weighted by Crippen LogP contribution is 2.52. The second kappa shape index (κ2) is 43.5. The van der Waals surface area contributed by atoms with E-state index in [4.69, 9.17) is 20.5 Å². The lowest BCUT2D eigenvalue weighted by Gasteiger charge is -2.51. The molecule has 15 heterocycles. The van der Waals surface area contributed by atoms with Gasteiger partial charge in [0.05, 0.1) is 53.9 Å². The van der Waals surface area contributed by atoms with E-state index in [1.165, 1.54) is 150 Å². The Morgan fingerprint density at radius 2 is 0.697 bits per heavy atom. The van der Waals surface area contributed by atoms with Crippen LogP contribution in [-0.4, -0.2) is 168 Å². The molecule has 10 aromatic rings. The van der Waals surface area contributed by atoms with Crippen molar-refractivity contribution in [3.63, 3.8) is 0 Å². The third-order valence-electron chi connectivity index (χ3n) is 32.9. The van der Waals surface area contributed by atoms with Gasteiger partial charge in [0.2, 0.25) is 0 Å². The predicted octanol–water partition coefficient (Wildman–Crippen LogP) is 19.6. The van der Waals surface area contributed by atoms with Crippen LogP contribution >= 0.6 is 0 Å². The van der Waals surface area contributed by atoms with Crippen molar-refractivity contribution in [2.75, 3.05) is 112 Å². The number of aliphatic hydroxyl groups is 5. The highest BCUT2D eigenvalue weighted by Gasteiger charge is 2.53. The second-order valence-corrected chi connectivity index (χ2v) is 40.8. The number of carbonyl (C=O) groups is 1. The molecule has 15 heteroatoms. The van der Waals surface area contributed by atoms with Gasteiger partial charge in [0.1, 0.15) is 11.3 Å². The number of nitrogens with two attached hydrogens (primary N) is 1. The van der Waals surface area contributed by atoms with Gasteiger partial charge in [0, 0.05) is 86.0 Å². The van der Waals surface area contributed by atoms with Gasteiger partial charge in [-0.2, -0.15) is 5.26 Å². The standard InChI is InChI=1S/C25H31NO4.C23H26N2O.C23H30N2O.2C23H29NO.3H2/c1-29-23-9-8-18(16-21(23)24(27)30-2)10-13-25(28,20-6-4-3-5-7-20)22-17-26-14-11-19(22)12-15-26;24-16-19-6-4-5-18(15-19)9-12-23(26,21-7-2-1-3-8-21)22-17-25-13-10-20(22)11-14-25;24-16-19-8-6-18(7-9-19)10-13-23(26,21-4-2-1-3-5-21)22-17-25-14-11-20(22)12-15-25;1-17-7-9-19(10-8-17)15-23(25,21-6-4-3-5-18(21)2)22-16-24-13-11-20(22)12-14-24;1-17-8-9-18(2)21(14-17)23(25,15-19-6-4-3-5-7-19)22-16-24-12-10-20(22)11-13-24;;;/h3-9,16,19,22,28H,10-15,17H2,1-2H3;1-8,15,20,22,26H,9-14,17H2;1-9,20,22,26H,10-17,24H2;3-10,20,22,25H,11-16H2,1-2H3;3-9,14,20,22,25H,10-13,15-16H2,1-2H3;3*1H. The Labute approximate surface area is 791 Å². The lowest BCUT2D eigenvalue weighted by atomic mass is 9.65. The van der Waals surface area contributed by atoms with Gasteiger partial charge >= 0.3 is 5.97 Å². The van der Waals surface area contributed by atoms with Crippen molar-refractivity contribution in [3.8, 4) is 11.8 Å². The molecule has 0 spiro atoms. The average Bonchev–Trinajstić information content (AvgIpc) is 0.758. The van der Waals surface area contributed by atoms with Gasteiger partial charge in [-0.3, -0.25) is 0 Å². The van der Waals surface area contributed by atoms with Gasteiger partial charge in [-0.05, 0) is 322 Å². The van der Waals surface area contributed by atoms with Crippen molar-refractivity contribution in [1.82, 2.24) is 24.5 Å². The van der Waals surface area contributed by atoms with E-state index < -0.39 is 34.0 Å². The summed E-state index contributed by atoms with van der Waals surface area (Å²) in [4.78, 5) is 24.8. The molecule has 0 saturated carbocycles. The maximum atomic E-state index is 12.2. The molecule has 25 rings (SSSR count). The number of esters is 1. The maximum absolute atomic E-state index is 12.2. The van der Waals surface area contributed by atoms with Gasteiger partial charge in [-0.1, -0.05) is 242 Å².